The predicted octanol–water partition coefficient (Wildman–Crippen LogP) is -3.00. The minimum absolute atomic E-state index is 0.0465. The van der Waals surface area contributed by atoms with E-state index < -0.39 is 160 Å². The first-order chi connectivity index (χ1) is 39.6. The van der Waals surface area contributed by atoms with Gasteiger partial charge in [0.05, 0.1) is 78.9 Å². The Hall–Kier alpha value is -7.66. The molecule has 14 N–H and O–H groups in total. The van der Waals surface area contributed by atoms with Crippen LogP contribution >= 0.6 is 0 Å². The summed E-state index contributed by atoms with van der Waals surface area (Å²) in [6.07, 6.45) is 0.296. The van der Waals surface area contributed by atoms with Gasteiger partial charge in [-0.1, -0.05) is 6.92 Å². The topological polar surface area (TPSA) is 519 Å². The van der Waals surface area contributed by atoms with Gasteiger partial charge < -0.3 is 86.8 Å². The number of hydrogen-bond donors (Lipinski definition) is 14. The zero-order chi connectivity index (χ0) is 63.6. The van der Waals surface area contributed by atoms with Crippen LogP contribution in [0.25, 0.3) is 0 Å². The molecule has 34 nitrogen and oxygen atoms in total. The Morgan fingerprint density at radius 3 is 0.869 bits per heavy atom. The van der Waals surface area contributed by atoms with E-state index in [1.165, 1.54) is 0 Å². The summed E-state index contributed by atoms with van der Waals surface area (Å²) in [5.74, 6) is -15.2. The number of hydrogen-bond acceptors (Lipinski definition) is 20. The quantitative estimate of drug-likeness (QED) is 0.0270. The fourth-order valence-corrected chi connectivity index (χ4v) is 8.09. The van der Waals surface area contributed by atoms with Gasteiger partial charge in [0.25, 0.3) is 0 Å². The maximum atomic E-state index is 13.5. The lowest BCUT2D eigenvalue weighted by Gasteiger charge is -2.34. The van der Waals surface area contributed by atoms with Crippen molar-refractivity contribution < 1.29 is 127 Å². The number of carbonyl (C=O) groups is 14. The molecule has 0 saturated heterocycles. The summed E-state index contributed by atoms with van der Waals surface area (Å²) in [4.78, 5) is 169. The van der Waals surface area contributed by atoms with Crippen LogP contribution in [0.15, 0.2) is 0 Å². The van der Waals surface area contributed by atoms with Crippen molar-refractivity contribution in [3.05, 3.63) is 0 Å². The molecule has 34 heteroatoms. The normalized spacial score (nSPS) is 13.0. The Labute approximate surface area is 482 Å². The van der Waals surface area contributed by atoms with Crippen molar-refractivity contribution in [1.82, 2.24) is 41.3 Å². The SMILES string of the molecule is CCC(=O)NCCCC(=O)NC(COCCC(=O)NCCCCC(C(=O)O)N(CC(=O)O)CC(=O)O)(COCCC(=O)NCCCCC(C(=O)O)N(CC(=O)O)CC(=O)O)COCCC(=O)NCCCCC(C(=O)O)N(CC(=O)O)CC(=O)O. The Morgan fingerprint density at radius 2 is 0.619 bits per heavy atom. The number of carbonyl (C=O) groups excluding carboxylic acids is 5. The second kappa shape index (κ2) is 43.9. The lowest BCUT2D eigenvalue weighted by atomic mass is 10.0. The largest absolute Gasteiger partial charge is 0.480 e. The molecule has 0 rings (SSSR count). The number of unbranched alkanes of at least 4 members (excludes halogenated alkanes) is 3. The number of carboxylic acid groups (broad SMARTS) is 9. The van der Waals surface area contributed by atoms with Crippen LogP contribution in [0.2, 0.25) is 0 Å². The minimum atomic E-state index is -1.57. The first kappa shape index (κ1) is 76.3. The lowest BCUT2D eigenvalue weighted by molar-refractivity contribution is -0.152. The van der Waals surface area contributed by atoms with E-state index >= 15 is 0 Å². The molecule has 0 aromatic carbocycles. The van der Waals surface area contributed by atoms with E-state index in [0.717, 1.165) is 14.7 Å². The van der Waals surface area contributed by atoms with Crippen LogP contribution in [0.4, 0.5) is 0 Å². The van der Waals surface area contributed by atoms with Gasteiger partial charge in [-0.2, -0.15) is 0 Å². The first-order valence-corrected chi connectivity index (χ1v) is 26.9. The molecule has 3 atom stereocenters. The van der Waals surface area contributed by atoms with Crippen LogP contribution in [0, 0.1) is 0 Å². The van der Waals surface area contributed by atoms with E-state index in [-0.39, 0.29) is 148 Å². The fraction of sp³-hybridized carbons (Fsp3) is 0.720. The number of aliphatic carboxylic acids is 9. The van der Waals surface area contributed by atoms with Crippen LogP contribution in [-0.2, 0) is 81.3 Å². The molecule has 0 aliphatic heterocycles. The summed E-state index contributed by atoms with van der Waals surface area (Å²) in [7, 11) is 0. The molecule has 0 aliphatic rings. The highest BCUT2D eigenvalue weighted by atomic mass is 16.5. The third kappa shape index (κ3) is 38.2. The zero-order valence-electron chi connectivity index (χ0n) is 47.0. The molecule has 0 aliphatic carbocycles. The van der Waals surface area contributed by atoms with E-state index in [9.17, 15) is 82.4 Å². The number of nitrogens with one attached hydrogen (secondary N) is 5. The van der Waals surface area contributed by atoms with Gasteiger partial charge in [0.2, 0.25) is 29.5 Å². The standard InChI is InChI=1S/C50H82N8O26/c1-2-36(59)51-20-9-13-40(63)55-50(30-82-21-14-37(60)52-17-6-3-10-33(47(76)77)56(24-41(64)65)25-42(66)67,31-83-22-15-38(61)53-18-7-4-11-34(48(78)79)57(26-43(68)69)27-44(70)71)32-84-23-16-39(62)54-19-8-5-12-35(49(80)81)58(28-45(72)73)29-46(74)75/h33-35H,2-32H2,1H3,(H,51,59)(H,52,60)(H,53,61)(H,54,62)(H,55,63)(H,64,65)(H,66,67)(H,68,69)(H,70,71)(H,72,73)(H,74,75)(H,76,77)(H,78,79)(H,80,81). The van der Waals surface area contributed by atoms with Gasteiger partial charge in [0.15, 0.2) is 0 Å². The second-order valence-electron chi connectivity index (χ2n) is 19.2. The van der Waals surface area contributed by atoms with Crippen LogP contribution in [0.1, 0.15) is 103 Å². The van der Waals surface area contributed by atoms with Crippen molar-refractivity contribution in [1.29, 1.82) is 0 Å². The summed E-state index contributed by atoms with van der Waals surface area (Å²) in [6, 6.07) is -4.29. The summed E-state index contributed by atoms with van der Waals surface area (Å²) in [5, 5.41) is 97.1. The Balaban J connectivity index is 6.05. The van der Waals surface area contributed by atoms with E-state index in [2.05, 4.69) is 26.6 Å². The summed E-state index contributed by atoms with van der Waals surface area (Å²) in [6.45, 7) is -5.01. The predicted molar refractivity (Wildman–Crippen MR) is 285 cm³/mol. The highest BCUT2D eigenvalue weighted by Gasteiger charge is 2.35. The molecule has 0 fully saturated rings. The molecule has 478 valence electrons. The first-order valence-electron chi connectivity index (χ1n) is 26.9. The van der Waals surface area contributed by atoms with E-state index in [0.29, 0.717) is 0 Å². The molecule has 0 bridgehead atoms. The summed E-state index contributed by atoms with van der Waals surface area (Å²) < 4.78 is 17.6. The number of carboxylic acids is 9. The van der Waals surface area contributed by atoms with Crippen LogP contribution < -0.4 is 26.6 Å². The number of amides is 5. The Kier molecular flexibility index (Phi) is 39.9. The number of nitrogens with zero attached hydrogens (tertiary/aromatic N) is 3. The molecule has 0 spiro atoms. The molecule has 0 radical (unpaired) electrons. The van der Waals surface area contributed by atoms with E-state index in [1.54, 1.807) is 6.92 Å². The molecule has 0 aromatic heterocycles. The van der Waals surface area contributed by atoms with Gasteiger partial charge >= 0.3 is 53.7 Å². The minimum Gasteiger partial charge on any atom is -0.480 e. The van der Waals surface area contributed by atoms with Gasteiger partial charge in [-0.15, -0.1) is 0 Å². The van der Waals surface area contributed by atoms with Crippen LogP contribution in [0.3, 0.4) is 0 Å². The van der Waals surface area contributed by atoms with Gasteiger partial charge in [0.1, 0.15) is 23.7 Å². The summed E-state index contributed by atoms with van der Waals surface area (Å²) in [5.41, 5.74) is -1.57. The highest BCUT2D eigenvalue weighted by Crippen LogP contribution is 2.15. The van der Waals surface area contributed by atoms with Gasteiger partial charge in [-0.3, -0.25) is 81.8 Å². The van der Waals surface area contributed by atoms with Crippen LogP contribution in [-0.4, -0.2) is 273 Å². The molecular formula is C50H82N8O26. The van der Waals surface area contributed by atoms with Crippen molar-refractivity contribution >= 4 is 83.3 Å². The molecule has 0 aromatic rings. The van der Waals surface area contributed by atoms with Crippen molar-refractivity contribution in [2.24, 2.45) is 0 Å². The molecular weight excluding hydrogens is 1130 g/mol. The number of ether oxygens (including phenoxy) is 3. The molecule has 84 heavy (non-hydrogen) atoms. The third-order valence-corrected chi connectivity index (χ3v) is 12.1. The average molecular weight is 1210 g/mol. The van der Waals surface area contributed by atoms with E-state index in [4.69, 9.17) is 44.8 Å². The monoisotopic (exact) mass is 1210 g/mol. The summed E-state index contributed by atoms with van der Waals surface area (Å²) >= 11 is 0. The maximum Gasteiger partial charge on any atom is 0.320 e. The van der Waals surface area contributed by atoms with Crippen LogP contribution in [0.5, 0.6) is 0 Å². The van der Waals surface area contributed by atoms with Crippen molar-refractivity contribution in [3.63, 3.8) is 0 Å². The van der Waals surface area contributed by atoms with Gasteiger partial charge in [-0.05, 0) is 64.2 Å². The van der Waals surface area contributed by atoms with Gasteiger partial charge in [0, 0.05) is 58.3 Å². The number of rotatable bonds is 54. The smallest absolute Gasteiger partial charge is 0.320 e. The zero-order valence-corrected chi connectivity index (χ0v) is 47.0. The highest BCUT2D eigenvalue weighted by molar-refractivity contribution is 5.81. The maximum absolute atomic E-state index is 13.5. The molecule has 0 heterocycles. The second-order valence-corrected chi connectivity index (χ2v) is 19.2. The third-order valence-electron chi connectivity index (χ3n) is 12.1. The van der Waals surface area contributed by atoms with E-state index in [1.807, 2.05) is 0 Å². The molecule has 3 unspecified atom stereocenters. The van der Waals surface area contributed by atoms with Crippen molar-refractivity contribution in [2.75, 3.05) is 105 Å². The Morgan fingerprint density at radius 1 is 0.357 bits per heavy atom. The van der Waals surface area contributed by atoms with Gasteiger partial charge in [-0.25, -0.2) is 0 Å². The average Bonchev–Trinajstić information content (AvgIpc) is 3.60. The Bertz CT molecular complexity index is 1920. The fourth-order valence-electron chi connectivity index (χ4n) is 8.09. The van der Waals surface area contributed by atoms with Crippen molar-refractivity contribution in [2.45, 2.75) is 127 Å². The molecule has 0 saturated carbocycles. The lowest BCUT2D eigenvalue weighted by Crippen LogP contribution is -2.58. The van der Waals surface area contributed by atoms with Crippen molar-refractivity contribution in [3.8, 4) is 0 Å². The molecule has 5 amide bonds.